The SMILES string of the molecule is NC(CCc1ccc(C(F)(F)F)nc1)c1cccc(Cl)n1. The molecule has 1 unspecified atom stereocenters. The molecule has 0 spiro atoms. The van der Waals surface area contributed by atoms with Crippen LogP contribution >= 0.6 is 11.6 Å². The molecule has 0 aromatic carbocycles. The smallest absolute Gasteiger partial charge is 0.323 e. The lowest BCUT2D eigenvalue weighted by molar-refractivity contribution is -0.141. The average Bonchev–Trinajstić information content (AvgIpc) is 2.44. The van der Waals surface area contributed by atoms with Crippen molar-refractivity contribution in [2.75, 3.05) is 0 Å². The van der Waals surface area contributed by atoms with Gasteiger partial charge in [-0.2, -0.15) is 13.2 Å². The van der Waals surface area contributed by atoms with E-state index in [-0.39, 0.29) is 6.04 Å². The van der Waals surface area contributed by atoms with Crippen LogP contribution in [0.3, 0.4) is 0 Å². The van der Waals surface area contributed by atoms with Crippen LogP contribution in [0, 0.1) is 0 Å². The number of nitrogens with zero attached hydrogens (tertiary/aromatic N) is 2. The van der Waals surface area contributed by atoms with Crippen LogP contribution in [0.15, 0.2) is 36.5 Å². The van der Waals surface area contributed by atoms with Crippen LogP contribution < -0.4 is 5.73 Å². The average molecular weight is 316 g/mol. The van der Waals surface area contributed by atoms with E-state index in [0.29, 0.717) is 29.3 Å². The van der Waals surface area contributed by atoms with Gasteiger partial charge in [0, 0.05) is 12.2 Å². The number of nitrogens with two attached hydrogens (primary N) is 1. The van der Waals surface area contributed by atoms with Gasteiger partial charge in [0.05, 0.1) is 5.69 Å². The Morgan fingerprint density at radius 1 is 1.19 bits per heavy atom. The van der Waals surface area contributed by atoms with Crippen molar-refractivity contribution in [2.45, 2.75) is 25.1 Å². The first-order chi connectivity index (χ1) is 9.86. The molecule has 2 aromatic heterocycles. The molecule has 0 bridgehead atoms. The normalized spacial score (nSPS) is 13.2. The van der Waals surface area contributed by atoms with Gasteiger partial charge in [0.25, 0.3) is 0 Å². The zero-order valence-corrected chi connectivity index (χ0v) is 11.7. The Morgan fingerprint density at radius 2 is 1.95 bits per heavy atom. The Kier molecular flexibility index (Phi) is 4.80. The van der Waals surface area contributed by atoms with Crippen LogP contribution in [0.25, 0.3) is 0 Å². The summed E-state index contributed by atoms with van der Waals surface area (Å²) in [5.41, 5.74) is 6.44. The van der Waals surface area contributed by atoms with E-state index in [4.69, 9.17) is 17.3 Å². The molecule has 21 heavy (non-hydrogen) atoms. The fourth-order valence-corrected chi connectivity index (χ4v) is 2.01. The van der Waals surface area contributed by atoms with Crippen molar-refractivity contribution in [3.8, 4) is 0 Å². The van der Waals surface area contributed by atoms with Crippen molar-refractivity contribution < 1.29 is 13.2 Å². The molecular formula is C14H13ClF3N3. The van der Waals surface area contributed by atoms with E-state index in [1.54, 1.807) is 18.2 Å². The van der Waals surface area contributed by atoms with Gasteiger partial charge in [-0.25, -0.2) is 4.98 Å². The van der Waals surface area contributed by atoms with E-state index in [1.807, 2.05) is 0 Å². The highest BCUT2D eigenvalue weighted by atomic mass is 35.5. The first-order valence-electron chi connectivity index (χ1n) is 6.26. The summed E-state index contributed by atoms with van der Waals surface area (Å²) in [6, 6.07) is 7.22. The minimum Gasteiger partial charge on any atom is -0.323 e. The van der Waals surface area contributed by atoms with Crippen molar-refractivity contribution in [3.63, 3.8) is 0 Å². The van der Waals surface area contributed by atoms with Gasteiger partial charge in [0.2, 0.25) is 0 Å². The summed E-state index contributed by atoms with van der Waals surface area (Å²) in [7, 11) is 0. The molecule has 2 N–H and O–H groups in total. The van der Waals surface area contributed by atoms with Crippen LogP contribution in [0.4, 0.5) is 13.2 Å². The monoisotopic (exact) mass is 315 g/mol. The van der Waals surface area contributed by atoms with E-state index in [2.05, 4.69) is 9.97 Å². The van der Waals surface area contributed by atoms with Crippen molar-refractivity contribution in [2.24, 2.45) is 5.73 Å². The maximum Gasteiger partial charge on any atom is 0.433 e. The molecule has 3 nitrogen and oxygen atoms in total. The van der Waals surface area contributed by atoms with E-state index in [0.717, 1.165) is 6.07 Å². The summed E-state index contributed by atoms with van der Waals surface area (Å²) in [6.45, 7) is 0. The minimum atomic E-state index is -4.42. The fourth-order valence-electron chi connectivity index (χ4n) is 1.84. The predicted molar refractivity (Wildman–Crippen MR) is 73.7 cm³/mol. The highest BCUT2D eigenvalue weighted by Gasteiger charge is 2.31. The minimum absolute atomic E-state index is 0.328. The van der Waals surface area contributed by atoms with Crippen LogP contribution in [0.5, 0.6) is 0 Å². The molecule has 1 atom stereocenters. The van der Waals surface area contributed by atoms with Gasteiger partial charge < -0.3 is 5.73 Å². The Morgan fingerprint density at radius 3 is 2.52 bits per heavy atom. The predicted octanol–water partition coefficient (Wildman–Crippen LogP) is 3.78. The Hall–Kier alpha value is -1.66. The Bertz CT molecular complexity index is 599. The molecule has 0 radical (unpaired) electrons. The lowest BCUT2D eigenvalue weighted by atomic mass is 10.0. The van der Waals surface area contributed by atoms with Gasteiger partial charge in [0.1, 0.15) is 10.8 Å². The molecule has 2 aromatic rings. The van der Waals surface area contributed by atoms with E-state index < -0.39 is 11.9 Å². The second-order valence-electron chi connectivity index (χ2n) is 4.58. The third kappa shape index (κ3) is 4.41. The largest absolute Gasteiger partial charge is 0.433 e. The fraction of sp³-hybridized carbons (Fsp3) is 0.286. The summed E-state index contributed by atoms with van der Waals surface area (Å²) in [4.78, 5) is 7.52. The Balaban J connectivity index is 1.97. The van der Waals surface area contributed by atoms with Crippen molar-refractivity contribution >= 4 is 11.6 Å². The lowest BCUT2D eigenvalue weighted by Crippen LogP contribution is -2.13. The number of hydrogen-bond acceptors (Lipinski definition) is 3. The molecule has 0 aliphatic carbocycles. The van der Waals surface area contributed by atoms with Crippen molar-refractivity contribution in [3.05, 3.63) is 58.6 Å². The highest BCUT2D eigenvalue weighted by Crippen LogP contribution is 2.27. The molecular weight excluding hydrogens is 303 g/mol. The summed E-state index contributed by atoms with van der Waals surface area (Å²) >= 11 is 5.78. The molecule has 2 heterocycles. The van der Waals surface area contributed by atoms with E-state index in [1.165, 1.54) is 12.3 Å². The standard InChI is InChI=1S/C14H13ClF3N3/c15-13-3-1-2-11(21-13)10(19)6-4-9-5-7-12(20-8-9)14(16,17)18/h1-3,5,7-8,10H,4,6,19H2. The van der Waals surface area contributed by atoms with Gasteiger partial charge in [0.15, 0.2) is 0 Å². The number of aryl methyl sites for hydroxylation is 1. The van der Waals surface area contributed by atoms with E-state index >= 15 is 0 Å². The Labute approximate surface area is 125 Å². The highest BCUT2D eigenvalue weighted by molar-refractivity contribution is 6.29. The van der Waals surface area contributed by atoms with Crippen LogP contribution in [0.1, 0.15) is 29.4 Å². The van der Waals surface area contributed by atoms with Crippen LogP contribution in [0.2, 0.25) is 5.15 Å². The summed E-state index contributed by atoms with van der Waals surface area (Å²) in [5.74, 6) is 0. The van der Waals surface area contributed by atoms with Gasteiger partial charge in [-0.1, -0.05) is 23.7 Å². The number of aromatic nitrogens is 2. The van der Waals surface area contributed by atoms with Crippen molar-refractivity contribution in [1.82, 2.24) is 9.97 Å². The summed E-state index contributed by atoms with van der Waals surface area (Å²) < 4.78 is 37.2. The molecule has 0 saturated carbocycles. The van der Waals surface area contributed by atoms with Crippen molar-refractivity contribution in [1.29, 1.82) is 0 Å². The number of rotatable bonds is 4. The topological polar surface area (TPSA) is 51.8 Å². The molecule has 0 aliphatic rings. The maximum absolute atomic E-state index is 12.4. The number of hydrogen-bond donors (Lipinski definition) is 1. The molecule has 0 saturated heterocycles. The molecule has 0 amide bonds. The second-order valence-corrected chi connectivity index (χ2v) is 4.97. The van der Waals surface area contributed by atoms with Gasteiger partial charge in [-0.15, -0.1) is 0 Å². The van der Waals surface area contributed by atoms with E-state index in [9.17, 15) is 13.2 Å². The zero-order valence-electron chi connectivity index (χ0n) is 10.9. The number of alkyl halides is 3. The molecule has 7 heteroatoms. The van der Waals surface area contributed by atoms with Gasteiger partial charge in [-0.3, -0.25) is 4.98 Å². The van der Waals surface area contributed by atoms with Crippen LogP contribution in [-0.4, -0.2) is 9.97 Å². The van der Waals surface area contributed by atoms with Crippen LogP contribution in [-0.2, 0) is 12.6 Å². The lowest BCUT2D eigenvalue weighted by Gasteiger charge is -2.11. The molecule has 2 rings (SSSR count). The van der Waals surface area contributed by atoms with Gasteiger partial charge >= 0.3 is 6.18 Å². The molecule has 0 aliphatic heterocycles. The molecule has 0 fully saturated rings. The molecule has 112 valence electrons. The number of pyridine rings is 2. The zero-order chi connectivity index (χ0) is 15.5. The summed E-state index contributed by atoms with van der Waals surface area (Å²) in [5, 5.41) is 0.360. The summed E-state index contributed by atoms with van der Waals surface area (Å²) in [6.07, 6.45) is -2.14. The quantitative estimate of drug-likeness (QED) is 0.874. The van der Waals surface area contributed by atoms with Gasteiger partial charge in [-0.05, 0) is 36.6 Å². The maximum atomic E-state index is 12.4. The second kappa shape index (κ2) is 6.41. The number of halogens is 4. The third-order valence-corrected chi connectivity index (χ3v) is 3.19. The first-order valence-corrected chi connectivity index (χ1v) is 6.64. The third-order valence-electron chi connectivity index (χ3n) is 2.98. The first kappa shape index (κ1) is 15.7.